The number of carboxylic acids is 1. The van der Waals surface area contributed by atoms with Gasteiger partial charge in [0.15, 0.2) is 0 Å². The van der Waals surface area contributed by atoms with Crippen molar-refractivity contribution in [1.82, 2.24) is 10.3 Å². The van der Waals surface area contributed by atoms with Gasteiger partial charge >= 0.3 is 12.0 Å². The molecular weight excluding hydrogens is 250 g/mol. The first-order valence-corrected chi connectivity index (χ1v) is 5.63. The number of carbonyl (C=O) groups excluding carboxylic acids is 1. The van der Waals surface area contributed by atoms with E-state index in [0.29, 0.717) is 12.2 Å². The summed E-state index contributed by atoms with van der Waals surface area (Å²) in [6, 6.07) is 2.38. The lowest BCUT2D eigenvalue weighted by Crippen LogP contribution is -2.41. The molecule has 104 valence electrons. The van der Waals surface area contributed by atoms with Crippen LogP contribution in [0.25, 0.3) is 0 Å². The maximum atomic E-state index is 11.6. The van der Waals surface area contributed by atoms with Gasteiger partial charge < -0.3 is 20.5 Å². The number of hydrogen-bond donors (Lipinski definition) is 3. The van der Waals surface area contributed by atoms with E-state index in [1.165, 1.54) is 18.3 Å². The minimum Gasteiger partial charge on any atom is -0.477 e. The van der Waals surface area contributed by atoms with Gasteiger partial charge in [-0.3, -0.25) is 0 Å². The topological polar surface area (TPSA) is 101 Å². The Kier molecular flexibility index (Phi) is 4.82. The van der Waals surface area contributed by atoms with Crippen LogP contribution in [0.1, 0.15) is 24.3 Å². The van der Waals surface area contributed by atoms with E-state index in [4.69, 9.17) is 9.84 Å². The van der Waals surface area contributed by atoms with Crippen LogP contribution in [0.2, 0.25) is 0 Å². The standard InChI is InChI=1S/C12H17N3O4/c1-12(2,19-3)7-14-11(18)15-8-4-5-9(10(16)17)13-6-8/h4-6H,7H2,1-3H3,(H,16,17)(H2,14,15,18). The highest BCUT2D eigenvalue weighted by molar-refractivity contribution is 5.90. The van der Waals surface area contributed by atoms with E-state index < -0.39 is 17.6 Å². The largest absolute Gasteiger partial charge is 0.477 e. The second-order valence-corrected chi connectivity index (χ2v) is 4.51. The first-order chi connectivity index (χ1) is 8.84. The highest BCUT2D eigenvalue weighted by Gasteiger charge is 2.17. The first-order valence-electron chi connectivity index (χ1n) is 5.63. The highest BCUT2D eigenvalue weighted by Crippen LogP contribution is 2.07. The summed E-state index contributed by atoms with van der Waals surface area (Å²) < 4.78 is 5.16. The van der Waals surface area contributed by atoms with Crippen molar-refractivity contribution in [3.63, 3.8) is 0 Å². The van der Waals surface area contributed by atoms with Crippen LogP contribution in [-0.4, -0.2) is 41.3 Å². The van der Waals surface area contributed by atoms with Crippen molar-refractivity contribution < 1.29 is 19.4 Å². The number of aromatic carboxylic acids is 1. The van der Waals surface area contributed by atoms with Gasteiger partial charge in [0.25, 0.3) is 0 Å². The monoisotopic (exact) mass is 267 g/mol. The minimum absolute atomic E-state index is 0.0773. The van der Waals surface area contributed by atoms with Crippen LogP contribution in [0.4, 0.5) is 10.5 Å². The number of ether oxygens (including phenoxy) is 1. The van der Waals surface area contributed by atoms with Crippen LogP contribution in [-0.2, 0) is 4.74 Å². The zero-order chi connectivity index (χ0) is 14.5. The Morgan fingerprint density at radius 2 is 2.11 bits per heavy atom. The molecule has 19 heavy (non-hydrogen) atoms. The van der Waals surface area contributed by atoms with E-state index in [-0.39, 0.29) is 5.69 Å². The summed E-state index contributed by atoms with van der Waals surface area (Å²) in [5.74, 6) is -1.11. The van der Waals surface area contributed by atoms with E-state index in [0.717, 1.165) is 0 Å². The third kappa shape index (κ3) is 4.92. The Morgan fingerprint density at radius 1 is 1.42 bits per heavy atom. The number of urea groups is 1. The smallest absolute Gasteiger partial charge is 0.354 e. The third-order valence-electron chi connectivity index (χ3n) is 2.47. The molecule has 0 saturated carbocycles. The van der Waals surface area contributed by atoms with Crippen LogP contribution < -0.4 is 10.6 Å². The number of carboxylic acid groups (broad SMARTS) is 1. The van der Waals surface area contributed by atoms with E-state index in [1.807, 2.05) is 13.8 Å². The molecule has 1 aromatic heterocycles. The molecule has 0 bridgehead atoms. The van der Waals surface area contributed by atoms with E-state index in [1.54, 1.807) is 7.11 Å². The molecule has 0 unspecified atom stereocenters. The average molecular weight is 267 g/mol. The molecule has 0 saturated heterocycles. The molecule has 3 N–H and O–H groups in total. The average Bonchev–Trinajstić information content (AvgIpc) is 2.37. The SMILES string of the molecule is COC(C)(C)CNC(=O)Nc1ccc(C(=O)O)nc1. The van der Waals surface area contributed by atoms with Gasteiger partial charge in [0.1, 0.15) is 5.69 Å². The lowest BCUT2D eigenvalue weighted by Gasteiger charge is -2.23. The molecule has 1 aromatic rings. The fraction of sp³-hybridized carbons (Fsp3) is 0.417. The van der Waals surface area contributed by atoms with Gasteiger partial charge in [0, 0.05) is 13.7 Å². The van der Waals surface area contributed by atoms with Crippen LogP contribution in [0.15, 0.2) is 18.3 Å². The Balaban J connectivity index is 2.51. The molecule has 0 aliphatic rings. The number of rotatable bonds is 5. The van der Waals surface area contributed by atoms with Gasteiger partial charge in [-0.2, -0.15) is 0 Å². The van der Waals surface area contributed by atoms with Crippen molar-refractivity contribution in [3.05, 3.63) is 24.0 Å². The molecule has 0 spiro atoms. The van der Waals surface area contributed by atoms with Gasteiger partial charge in [0.05, 0.1) is 17.5 Å². The maximum absolute atomic E-state index is 11.6. The van der Waals surface area contributed by atoms with E-state index in [9.17, 15) is 9.59 Å². The third-order valence-corrected chi connectivity index (χ3v) is 2.47. The Morgan fingerprint density at radius 3 is 2.58 bits per heavy atom. The molecule has 7 heteroatoms. The number of hydrogen-bond acceptors (Lipinski definition) is 4. The summed E-state index contributed by atoms with van der Waals surface area (Å²) >= 11 is 0. The van der Waals surface area contributed by atoms with Crippen LogP contribution >= 0.6 is 0 Å². The van der Waals surface area contributed by atoms with Crippen molar-refractivity contribution in [2.45, 2.75) is 19.4 Å². The van der Waals surface area contributed by atoms with Crippen molar-refractivity contribution in [2.24, 2.45) is 0 Å². The molecule has 0 radical (unpaired) electrons. The lowest BCUT2D eigenvalue weighted by atomic mass is 10.1. The number of aromatic nitrogens is 1. The van der Waals surface area contributed by atoms with Crippen molar-refractivity contribution in [1.29, 1.82) is 0 Å². The summed E-state index contributed by atoms with van der Waals surface area (Å²) in [6.07, 6.45) is 1.28. The first kappa shape index (κ1) is 14.9. The number of pyridine rings is 1. The van der Waals surface area contributed by atoms with Gasteiger partial charge in [-0.1, -0.05) is 0 Å². The summed E-state index contributed by atoms with van der Waals surface area (Å²) in [6.45, 7) is 4.03. The minimum atomic E-state index is -1.11. The summed E-state index contributed by atoms with van der Waals surface area (Å²) in [5, 5.41) is 13.9. The molecule has 0 fully saturated rings. The zero-order valence-corrected chi connectivity index (χ0v) is 11.1. The molecule has 0 aliphatic carbocycles. The second kappa shape index (κ2) is 6.14. The van der Waals surface area contributed by atoms with E-state index >= 15 is 0 Å². The fourth-order valence-electron chi connectivity index (χ4n) is 1.13. The molecule has 2 amide bonds. The van der Waals surface area contributed by atoms with Gasteiger partial charge in [-0.25, -0.2) is 14.6 Å². The fourth-order valence-corrected chi connectivity index (χ4v) is 1.13. The normalized spacial score (nSPS) is 10.9. The number of anilines is 1. The van der Waals surface area contributed by atoms with Crippen molar-refractivity contribution in [3.8, 4) is 0 Å². The van der Waals surface area contributed by atoms with Crippen LogP contribution in [0, 0.1) is 0 Å². The molecule has 1 heterocycles. The number of nitrogens with zero attached hydrogens (tertiary/aromatic N) is 1. The maximum Gasteiger partial charge on any atom is 0.354 e. The van der Waals surface area contributed by atoms with Gasteiger partial charge in [-0.15, -0.1) is 0 Å². The predicted octanol–water partition coefficient (Wildman–Crippen LogP) is 1.33. The number of methoxy groups -OCH3 is 1. The lowest BCUT2D eigenvalue weighted by molar-refractivity contribution is 0.0257. The molecule has 0 atom stereocenters. The Labute approximate surface area is 111 Å². The van der Waals surface area contributed by atoms with Gasteiger partial charge in [-0.05, 0) is 26.0 Å². The van der Waals surface area contributed by atoms with Crippen LogP contribution in [0.3, 0.4) is 0 Å². The summed E-state index contributed by atoms with van der Waals surface area (Å²) in [5.41, 5.74) is -0.118. The number of carbonyl (C=O) groups is 2. The molecule has 7 nitrogen and oxygen atoms in total. The Hall–Kier alpha value is -2.15. The predicted molar refractivity (Wildman–Crippen MR) is 69.3 cm³/mol. The Bertz CT molecular complexity index is 457. The molecule has 1 rings (SSSR count). The quantitative estimate of drug-likeness (QED) is 0.747. The second-order valence-electron chi connectivity index (χ2n) is 4.51. The van der Waals surface area contributed by atoms with E-state index in [2.05, 4.69) is 15.6 Å². The van der Waals surface area contributed by atoms with Crippen molar-refractivity contribution >= 4 is 17.7 Å². The molecule has 0 aliphatic heterocycles. The van der Waals surface area contributed by atoms with Crippen molar-refractivity contribution in [2.75, 3.05) is 19.0 Å². The van der Waals surface area contributed by atoms with Crippen LogP contribution in [0.5, 0.6) is 0 Å². The molecule has 0 aromatic carbocycles. The number of amides is 2. The molecular formula is C12H17N3O4. The van der Waals surface area contributed by atoms with Gasteiger partial charge in [0.2, 0.25) is 0 Å². The zero-order valence-electron chi connectivity index (χ0n) is 11.1. The number of nitrogens with one attached hydrogen (secondary N) is 2. The highest BCUT2D eigenvalue weighted by atomic mass is 16.5. The summed E-state index contributed by atoms with van der Waals surface area (Å²) in [4.78, 5) is 25.9. The summed E-state index contributed by atoms with van der Waals surface area (Å²) in [7, 11) is 1.56.